The molecule has 0 aromatic heterocycles. The van der Waals surface area contributed by atoms with Gasteiger partial charge in [-0.15, -0.1) is 0 Å². The second kappa shape index (κ2) is 5.98. The van der Waals surface area contributed by atoms with E-state index < -0.39 is 10.0 Å². The molecule has 1 rings (SSSR count). The summed E-state index contributed by atoms with van der Waals surface area (Å²) in [4.78, 5) is 0. The Labute approximate surface area is 99.0 Å². The minimum Gasteiger partial charge on any atom is -0.329 e. The molecule has 5 heteroatoms. The molecule has 0 spiro atoms. The molecular weight excluding hydrogens is 224 g/mol. The second-order valence-electron chi connectivity index (χ2n) is 5.13. The molecule has 16 heavy (non-hydrogen) atoms. The highest BCUT2D eigenvalue weighted by Gasteiger charge is 2.30. The van der Waals surface area contributed by atoms with Crippen molar-refractivity contribution in [1.29, 1.82) is 0 Å². The molecule has 1 saturated carbocycles. The topological polar surface area (TPSA) is 72.2 Å². The largest absolute Gasteiger partial charge is 0.329 e. The van der Waals surface area contributed by atoms with Crippen LogP contribution in [0.1, 0.15) is 46.0 Å². The summed E-state index contributed by atoms with van der Waals surface area (Å²) in [6.07, 6.45) is 4.47. The lowest BCUT2D eigenvalue weighted by atomic mass is 10.1. The standard InChI is InChI=1S/C11H24N2O2S/c1-9(2)7-10(8-12)13-16(14,15)11-5-3-4-6-11/h9-11,13H,3-8,12H2,1-2H3. The van der Waals surface area contributed by atoms with Crippen LogP contribution in [-0.4, -0.2) is 26.3 Å². The van der Waals surface area contributed by atoms with E-state index in [-0.39, 0.29) is 11.3 Å². The quantitative estimate of drug-likeness (QED) is 0.742. The number of sulfonamides is 1. The van der Waals surface area contributed by atoms with Crippen LogP contribution in [0.5, 0.6) is 0 Å². The van der Waals surface area contributed by atoms with Gasteiger partial charge in [0.05, 0.1) is 5.25 Å². The van der Waals surface area contributed by atoms with Crippen LogP contribution in [-0.2, 0) is 10.0 Å². The van der Waals surface area contributed by atoms with Gasteiger partial charge in [0, 0.05) is 12.6 Å². The maximum Gasteiger partial charge on any atom is 0.214 e. The molecule has 4 nitrogen and oxygen atoms in total. The van der Waals surface area contributed by atoms with Crippen LogP contribution < -0.4 is 10.5 Å². The summed E-state index contributed by atoms with van der Waals surface area (Å²) in [6.45, 7) is 4.53. The average molecular weight is 248 g/mol. The van der Waals surface area contributed by atoms with Gasteiger partial charge in [-0.3, -0.25) is 0 Å². The van der Waals surface area contributed by atoms with Crippen molar-refractivity contribution in [3.63, 3.8) is 0 Å². The monoisotopic (exact) mass is 248 g/mol. The van der Waals surface area contributed by atoms with Crippen molar-refractivity contribution in [3.8, 4) is 0 Å². The summed E-state index contributed by atoms with van der Waals surface area (Å²) < 4.78 is 26.8. The van der Waals surface area contributed by atoms with Crippen molar-refractivity contribution < 1.29 is 8.42 Å². The normalized spacial score (nSPS) is 20.5. The smallest absolute Gasteiger partial charge is 0.214 e. The third-order valence-electron chi connectivity index (χ3n) is 3.11. The molecule has 0 aromatic carbocycles. The van der Waals surface area contributed by atoms with Crippen LogP contribution >= 0.6 is 0 Å². The van der Waals surface area contributed by atoms with E-state index in [0.29, 0.717) is 12.5 Å². The van der Waals surface area contributed by atoms with Gasteiger partial charge < -0.3 is 5.73 Å². The molecule has 1 atom stereocenters. The third-order valence-corrected chi connectivity index (χ3v) is 5.12. The number of nitrogens with one attached hydrogen (secondary N) is 1. The van der Waals surface area contributed by atoms with E-state index >= 15 is 0 Å². The number of hydrogen-bond donors (Lipinski definition) is 2. The minimum atomic E-state index is -3.15. The Hall–Kier alpha value is -0.130. The molecule has 0 bridgehead atoms. The van der Waals surface area contributed by atoms with E-state index in [4.69, 9.17) is 5.73 Å². The summed E-state index contributed by atoms with van der Waals surface area (Å²) in [5.41, 5.74) is 5.60. The van der Waals surface area contributed by atoms with Crippen LogP contribution in [0.15, 0.2) is 0 Å². The SMILES string of the molecule is CC(C)CC(CN)NS(=O)(=O)C1CCCC1. The summed E-state index contributed by atoms with van der Waals surface area (Å²) >= 11 is 0. The maximum absolute atomic E-state index is 12.0. The Morgan fingerprint density at radius 2 is 1.88 bits per heavy atom. The number of hydrogen-bond acceptors (Lipinski definition) is 3. The first-order chi connectivity index (χ1) is 7.45. The molecule has 1 aliphatic carbocycles. The zero-order chi connectivity index (χ0) is 12.2. The first kappa shape index (κ1) is 13.9. The fourth-order valence-electron chi connectivity index (χ4n) is 2.29. The van der Waals surface area contributed by atoms with Gasteiger partial charge in [-0.2, -0.15) is 0 Å². The molecule has 0 aromatic rings. The van der Waals surface area contributed by atoms with Crippen molar-refractivity contribution in [2.45, 2.75) is 57.2 Å². The van der Waals surface area contributed by atoms with Gasteiger partial charge in [0.15, 0.2) is 0 Å². The molecule has 0 saturated heterocycles. The van der Waals surface area contributed by atoms with Gasteiger partial charge in [-0.25, -0.2) is 13.1 Å². The molecule has 0 heterocycles. The first-order valence-corrected chi connectivity index (χ1v) is 7.71. The lowest BCUT2D eigenvalue weighted by Gasteiger charge is -2.21. The second-order valence-corrected chi connectivity index (χ2v) is 7.12. The third kappa shape index (κ3) is 4.03. The molecular formula is C11H24N2O2S. The van der Waals surface area contributed by atoms with Crippen molar-refractivity contribution in [3.05, 3.63) is 0 Å². The predicted molar refractivity (Wildman–Crippen MR) is 66.6 cm³/mol. The van der Waals surface area contributed by atoms with Gasteiger partial charge in [-0.05, 0) is 25.2 Å². The zero-order valence-corrected chi connectivity index (χ0v) is 11.1. The van der Waals surface area contributed by atoms with Crippen molar-refractivity contribution in [1.82, 2.24) is 4.72 Å². The molecule has 96 valence electrons. The van der Waals surface area contributed by atoms with Crippen LogP contribution in [0.25, 0.3) is 0 Å². The molecule has 0 amide bonds. The Bertz CT molecular complexity index is 295. The number of rotatable bonds is 6. The molecule has 3 N–H and O–H groups in total. The summed E-state index contributed by atoms with van der Waals surface area (Å²) in [6, 6.07) is -0.106. The van der Waals surface area contributed by atoms with Gasteiger partial charge in [0.2, 0.25) is 10.0 Å². The van der Waals surface area contributed by atoms with Gasteiger partial charge in [0.25, 0.3) is 0 Å². The molecule has 1 unspecified atom stereocenters. The van der Waals surface area contributed by atoms with Crippen molar-refractivity contribution in [2.75, 3.05) is 6.54 Å². The first-order valence-electron chi connectivity index (χ1n) is 6.17. The fraction of sp³-hybridized carbons (Fsp3) is 1.00. The summed E-state index contributed by atoms with van der Waals surface area (Å²) in [7, 11) is -3.15. The van der Waals surface area contributed by atoms with E-state index in [9.17, 15) is 8.42 Å². The molecule has 1 fully saturated rings. The molecule has 1 aliphatic rings. The Morgan fingerprint density at radius 1 is 1.31 bits per heavy atom. The van der Waals surface area contributed by atoms with Gasteiger partial charge in [-0.1, -0.05) is 26.7 Å². The average Bonchev–Trinajstić information content (AvgIpc) is 2.68. The lowest BCUT2D eigenvalue weighted by Crippen LogP contribution is -2.44. The van der Waals surface area contributed by atoms with Crippen LogP contribution in [0, 0.1) is 5.92 Å². The summed E-state index contributed by atoms with van der Waals surface area (Å²) in [5, 5.41) is -0.186. The van der Waals surface area contributed by atoms with E-state index in [1.165, 1.54) is 0 Å². The Kier molecular flexibility index (Phi) is 5.21. The lowest BCUT2D eigenvalue weighted by molar-refractivity contribution is 0.461. The van der Waals surface area contributed by atoms with Crippen LogP contribution in [0.4, 0.5) is 0 Å². The fourth-order valence-corrected chi connectivity index (χ4v) is 4.09. The van der Waals surface area contributed by atoms with Gasteiger partial charge >= 0.3 is 0 Å². The highest BCUT2D eigenvalue weighted by Crippen LogP contribution is 2.24. The van der Waals surface area contributed by atoms with Gasteiger partial charge in [0.1, 0.15) is 0 Å². The predicted octanol–water partition coefficient (Wildman–Crippen LogP) is 1.22. The number of nitrogens with two attached hydrogens (primary N) is 1. The maximum atomic E-state index is 12.0. The van der Waals surface area contributed by atoms with E-state index in [2.05, 4.69) is 18.6 Å². The summed E-state index contributed by atoms with van der Waals surface area (Å²) in [5.74, 6) is 0.458. The van der Waals surface area contributed by atoms with Crippen molar-refractivity contribution in [2.24, 2.45) is 11.7 Å². The minimum absolute atomic E-state index is 0.106. The van der Waals surface area contributed by atoms with E-state index in [0.717, 1.165) is 32.1 Å². The molecule has 0 radical (unpaired) electrons. The van der Waals surface area contributed by atoms with Crippen LogP contribution in [0.3, 0.4) is 0 Å². The Morgan fingerprint density at radius 3 is 2.31 bits per heavy atom. The van der Waals surface area contributed by atoms with E-state index in [1.807, 2.05) is 0 Å². The van der Waals surface area contributed by atoms with Crippen LogP contribution in [0.2, 0.25) is 0 Å². The zero-order valence-electron chi connectivity index (χ0n) is 10.3. The van der Waals surface area contributed by atoms with Crippen molar-refractivity contribution >= 4 is 10.0 Å². The Balaban J connectivity index is 2.55. The van der Waals surface area contributed by atoms with E-state index in [1.54, 1.807) is 0 Å². The highest BCUT2D eigenvalue weighted by atomic mass is 32.2. The molecule has 0 aliphatic heterocycles. The highest BCUT2D eigenvalue weighted by molar-refractivity contribution is 7.90.